The van der Waals surface area contributed by atoms with Gasteiger partial charge < -0.3 is 4.90 Å². The molecule has 0 aliphatic carbocycles. The van der Waals surface area contributed by atoms with Crippen molar-refractivity contribution in [2.24, 2.45) is 0 Å². The normalized spacial score (nSPS) is 13.5. The summed E-state index contributed by atoms with van der Waals surface area (Å²) in [5.74, 6) is 0.152. The first-order chi connectivity index (χ1) is 5.86. The summed E-state index contributed by atoms with van der Waals surface area (Å²) in [4.78, 5) is 17.3. The smallest absolute Gasteiger partial charge is 0.240 e. The Morgan fingerprint density at radius 1 is 1.15 bits per heavy atom. The fourth-order valence-electron chi connectivity index (χ4n) is 1.03. The summed E-state index contributed by atoms with van der Waals surface area (Å²) in [6.45, 7) is 2.57. The molecule has 78 valence electrons. The van der Waals surface area contributed by atoms with Crippen molar-refractivity contribution in [3.8, 4) is 0 Å². The molecule has 0 rings (SSSR count). The summed E-state index contributed by atoms with van der Waals surface area (Å²) < 4.78 is 0. The van der Waals surface area contributed by atoms with Gasteiger partial charge in [-0.05, 0) is 35.1 Å². The molecule has 0 spiro atoms. The Kier molecular flexibility index (Phi) is 4.95. The van der Waals surface area contributed by atoms with Crippen molar-refractivity contribution < 1.29 is 4.79 Å². The van der Waals surface area contributed by atoms with Crippen LogP contribution in [0.1, 0.15) is 6.92 Å². The zero-order valence-electron chi connectivity index (χ0n) is 9.53. The highest BCUT2D eigenvalue weighted by Gasteiger charge is 2.18. The quantitative estimate of drug-likeness (QED) is 0.576. The van der Waals surface area contributed by atoms with Gasteiger partial charge in [-0.25, -0.2) is 0 Å². The van der Waals surface area contributed by atoms with E-state index in [4.69, 9.17) is 0 Å². The minimum atomic E-state index is -0.0510. The lowest BCUT2D eigenvalue weighted by Gasteiger charge is -2.27. The van der Waals surface area contributed by atoms with Gasteiger partial charge in [0.05, 0.1) is 12.7 Å². The Hall–Kier alpha value is -0.610. The van der Waals surface area contributed by atoms with Gasteiger partial charge in [0.1, 0.15) is 0 Å². The van der Waals surface area contributed by atoms with Crippen LogP contribution >= 0.6 is 0 Å². The predicted molar refractivity (Wildman–Crippen MR) is 54.5 cm³/mol. The Morgan fingerprint density at radius 3 is 1.92 bits per heavy atom. The van der Waals surface area contributed by atoms with Crippen molar-refractivity contribution >= 4 is 5.91 Å². The van der Waals surface area contributed by atoms with Gasteiger partial charge in [-0.1, -0.05) is 0 Å². The minimum absolute atomic E-state index is 0.0510. The zero-order chi connectivity index (χ0) is 10.6. The van der Waals surface area contributed by atoms with Crippen LogP contribution < -0.4 is 0 Å². The highest BCUT2D eigenvalue weighted by Crippen LogP contribution is 1.97. The Labute approximate surface area is 81.1 Å². The van der Waals surface area contributed by atoms with Crippen LogP contribution in [-0.2, 0) is 4.79 Å². The fraction of sp³-hybridized carbons (Fsp3) is 0.889. The third kappa shape index (κ3) is 4.24. The van der Waals surface area contributed by atoms with Gasteiger partial charge in [0.15, 0.2) is 0 Å². The molecule has 0 heterocycles. The molecule has 1 unspecified atom stereocenters. The zero-order valence-corrected chi connectivity index (χ0v) is 9.53. The van der Waals surface area contributed by atoms with E-state index in [1.807, 2.05) is 52.0 Å². The van der Waals surface area contributed by atoms with Gasteiger partial charge in [-0.3, -0.25) is 14.6 Å². The van der Waals surface area contributed by atoms with E-state index in [2.05, 4.69) is 0 Å². The maximum absolute atomic E-state index is 11.7. The van der Waals surface area contributed by atoms with Crippen LogP contribution in [-0.4, -0.2) is 68.6 Å². The van der Waals surface area contributed by atoms with E-state index in [9.17, 15) is 4.79 Å². The third-order valence-electron chi connectivity index (χ3n) is 2.00. The Bertz CT molecular complexity index is 168. The van der Waals surface area contributed by atoms with E-state index in [-0.39, 0.29) is 11.9 Å². The number of rotatable bonds is 4. The van der Waals surface area contributed by atoms with E-state index < -0.39 is 0 Å². The number of likely N-dealkylation sites (N-methyl/N-ethyl adjacent to an activating group) is 2. The van der Waals surface area contributed by atoms with Crippen molar-refractivity contribution in [2.75, 3.05) is 41.9 Å². The second-order valence-corrected chi connectivity index (χ2v) is 3.90. The maximum atomic E-state index is 11.7. The molecular formula is C9H21N3O. The van der Waals surface area contributed by atoms with Crippen LogP contribution in [0.25, 0.3) is 0 Å². The molecule has 13 heavy (non-hydrogen) atoms. The SMILES string of the molecule is CC(C(=O)N(C)CN(C)C)N(C)C. The third-order valence-corrected chi connectivity index (χ3v) is 2.00. The van der Waals surface area contributed by atoms with Gasteiger partial charge in [-0.15, -0.1) is 0 Å². The molecule has 0 aliphatic rings. The highest BCUT2D eigenvalue weighted by molar-refractivity contribution is 5.81. The first-order valence-corrected chi connectivity index (χ1v) is 4.42. The Balaban J connectivity index is 4.09. The summed E-state index contributed by atoms with van der Waals surface area (Å²) in [5, 5.41) is 0. The van der Waals surface area contributed by atoms with Crippen LogP contribution in [0.2, 0.25) is 0 Å². The average molecular weight is 187 g/mol. The summed E-state index contributed by atoms with van der Waals surface area (Å²) in [5.41, 5.74) is 0. The van der Waals surface area contributed by atoms with Gasteiger partial charge >= 0.3 is 0 Å². The van der Waals surface area contributed by atoms with Gasteiger partial charge in [0.25, 0.3) is 0 Å². The fourth-order valence-corrected chi connectivity index (χ4v) is 1.03. The molecule has 0 bridgehead atoms. The van der Waals surface area contributed by atoms with Gasteiger partial charge in [0.2, 0.25) is 5.91 Å². The molecule has 0 aromatic carbocycles. The lowest BCUT2D eigenvalue weighted by molar-refractivity contribution is -0.135. The molecule has 0 N–H and O–H groups in total. The summed E-state index contributed by atoms with van der Waals surface area (Å²) in [6, 6.07) is -0.0510. The van der Waals surface area contributed by atoms with Crippen LogP contribution in [0.5, 0.6) is 0 Å². The average Bonchev–Trinajstić information content (AvgIpc) is 2.00. The summed E-state index contributed by atoms with van der Waals surface area (Å²) >= 11 is 0. The molecule has 0 aliphatic heterocycles. The van der Waals surface area contributed by atoms with Crippen LogP contribution in [0.3, 0.4) is 0 Å². The summed E-state index contributed by atoms with van der Waals surface area (Å²) in [6.07, 6.45) is 0. The monoisotopic (exact) mass is 187 g/mol. The number of amides is 1. The molecule has 4 heteroatoms. The van der Waals surface area contributed by atoms with Crippen LogP contribution in [0.4, 0.5) is 0 Å². The Morgan fingerprint density at radius 2 is 1.62 bits per heavy atom. The lowest BCUT2D eigenvalue weighted by Crippen LogP contribution is -2.45. The van der Waals surface area contributed by atoms with Gasteiger partial charge in [-0.2, -0.15) is 0 Å². The number of hydrogen-bond acceptors (Lipinski definition) is 3. The second-order valence-electron chi connectivity index (χ2n) is 3.90. The van der Waals surface area contributed by atoms with E-state index in [1.54, 1.807) is 4.90 Å². The number of carbonyl (C=O) groups excluding carboxylic acids is 1. The van der Waals surface area contributed by atoms with Crippen molar-refractivity contribution in [1.29, 1.82) is 0 Å². The minimum Gasteiger partial charge on any atom is -0.331 e. The number of nitrogens with zero attached hydrogens (tertiary/aromatic N) is 3. The van der Waals surface area contributed by atoms with Crippen molar-refractivity contribution in [3.63, 3.8) is 0 Å². The van der Waals surface area contributed by atoms with Gasteiger partial charge in [0, 0.05) is 7.05 Å². The topological polar surface area (TPSA) is 26.8 Å². The standard InChI is InChI=1S/C9H21N3O/c1-8(11(4)5)9(13)12(6)7-10(2)3/h8H,7H2,1-6H3. The van der Waals surface area contributed by atoms with E-state index in [0.29, 0.717) is 6.67 Å². The maximum Gasteiger partial charge on any atom is 0.240 e. The molecule has 0 saturated heterocycles. The van der Waals surface area contributed by atoms with E-state index in [1.165, 1.54) is 0 Å². The first kappa shape index (κ1) is 12.4. The van der Waals surface area contributed by atoms with Crippen molar-refractivity contribution in [1.82, 2.24) is 14.7 Å². The molecule has 0 aromatic rings. The largest absolute Gasteiger partial charge is 0.331 e. The molecule has 0 aromatic heterocycles. The molecule has 0 fully saturated rings. The van der Waals surface area contributed by atoms with Crippen LogP contribution in [0, 0.1) is 0 Å². The number of hydrogen-bond donors (Lipinski definition) is 0. The van der Waals surface area contributed by atoms with E-state index in [0.717, 1.165) is 0 Å². The summed E-state index contributed by atoms with van der Waals surface area (Å²) in [7, 11) is 9.54. The molecule has 0 saturated carbocycles. The highest BCUT2D eigenvalue weighted by atomic mass is 16.2. The second kappa shape index (κ2) is 5.19. The molecule has 0 radical (unpaired) electrons. The predicted octanol–water partition coefficient (Wildman–Crippen LogP) is -0.0860. The number of carbonyl (C=O) groups is 1. The van der Waals surface area contributed by atoms with Crippen LogP contribution in [0.15, 0.2) is 0 Å². The van der Waals surface area contributed by atoms with Crippen molar-refractivity contribution in [2.45, 2.75) is 13.0 Å². The molecule has 4 nitrogen and oxygen atoms in total. The van der Waals surface area contributed by atoms with Crippen molar-refractivity contribution in [3.05, 3.63) is 0 Å². The lowest BCUT2D eigenvalue weighted by atomic mass is 10.3. The first-order valence-electron chi connectivity index (χ1n) is 4.42. The molecule has 1 amide bonds. The van der Waals surface area contributed by atoms with E-state index >= 15 is 0 Å². The molecular weight excluding hydrogens is 166 g/mol. The molecule has 1 atom stereocenters.